The molecule has 0 bridgehead atoms. The zero-order valence-electron chi connectivity index (χ0n) is 27.1. The predicted molar refractivity (Wildman–Crippen MR) is 181 cm³/mol. The molecule has 2 fully saturated rings. The Morgan fingerprint density at radius 1 is 0.630 bits per heavy atom. The first-order valence-corrected chi connectivity index (χ1v) is 17.5. The second-order valence-corrected chi connectivity index (χ2v) is 14.0. The van der Waals surface area contributed by atoms with Crippen LogP contribution in [0.3, 0.4) is 0 Å². The van der Waals surface area contributed by atoms with Gasteiger partial charge in [0.25, 0.3) is 0 Å². The SMILES string of the molecule is CC1(C)OC[C@H]2OC=C(Br)[C@@H](OCC#CCCCCC#CC#CCCCCC#CCO[C@@H]3C(Br)=CO[C@@H]4COC(C)(C)O[C@@H]34)[C@@H]2O1. The predicted octanol–water partition coefficient (Wildman–Crippen LogP) is 6.46. The van der Waals surface area contributed by atoms with Crippen molar-refractivity contribution in [2.45, 2.75) is 127 Å². The van der Waals surface area contributed by atoms with Crippen LogP contribution in [0.4, 0.5) is 0 Å². The van der Waals surface area contributed by atoms with Crippen molar-refractivity contribution in [1.29, 1.82) is 0 Å². The Labute approximate surface area is 291 Å². The maximum absolute atomic E-state index is 6.05. The van der Waals surface area contributed by atoms with Crippen LogP contribution in [-0.4, -0.2) is 74.6 Å². The molecule has 0 spiro atoms. The molecule has 0 aromatic carbocycles. The molecular weight excluding hydrogens is 720 g/mol. The van der Waals surface area contributed by atoms with Gasteiger partial charge in [-0.2, -0.15) is 0 Å². The van der Waals surface area contributed by atoms with E-state index in [-0.39, 0.29) is 36.6 Å². The van der Waals surface area contributed by atoms with E-state index < -0.39 is 11.6 Å². The van der Waals surface area contributed by atoms with Crippen LogP contribution in [0.1, 0.15) is 79.1 Å². The van der Waals surface area contributed by atoms with Gasteiger partial charge in [-0.25, -0.2) is 0 Å². The lowest BCUT2D eigenvalue weighted by atomic mass is 10.0. The highest BCUT2D eigenvalue weighted by Gasteiger charge is 2.46. The molecule has 2 saturated heterocycles. The Morgan fingerprint density at radius 3 is 1.43 bits per heavy atom. The fourth-order valence-electron chi connectivity index (χ4n) is 5.09. The van der Waals surface area contributed by atoms with Crippen LogP contribution < -0.4 is 0 Å². The number of ether oxygens (including phenoxy) is 8. The Balaban J connectivity index is 0.996. The van der Waals surface area contributed by atoms with Gasteiger partial charge in [0.2, 0.25) is 0 Å². The molecule has 250 valence electrons. The van der Waals surface area contributed by atoms with Crippen molar-refractivity contribution in [2.24, 2.45) is 0 Å². The van der Waals surface area contributed by atoms with Crippen LogP contribution >= 0.6 is 31.9 Å². The first-order valence-electron chi connectivity index (χ1n) is 15.9. The van der Waals surface area contributed by atoms with Gasteiger partial charge in [0, 0.05) is 25.7 Å². The Bertz CT molecular complexity index is 1220. The molecule has 4 rings (SSSR count). The van der Waals surface area contributed by atoms with Gasteiger partial charge in [-0.3, -0.25) is 0 Å². The van der Waals surface area contributed by atoms with Crippen molar-refractivity contribution < 1.29 is 37.9 Å². The molecule has 46 heavy (non-hydrogen) atoms. The van der Waals surface area contributed by atoms with Crippen molar-refractivity contribution in [3.05, 3.63) is 21.5 Å². The molecule has 4 aliphatic heterocycles. The van der Waals surface area contributed by atoms with E-state index >= 15 is 0 Å². The van der Waals surface area contributed by atoms with Crippen LogP contribution in [0.2, 0.25) is 0 Å². The molecule has 0 aliphatic carbocycles. The maximum Gasteiger partial charge on any atom is 0.163 e. The zero-order valence-corrected chi connectivity index (χ0v) is 30.3. The second kappa shape index (κ2) is 18.5. The molecule has 0 unspecified atom stereocenters. The molecule has 0 radical (unpaired) electrons. The van der Waals surface area contributed by atoms with Crippen LogP contribution in [0.5, 0.6) is 0 Å². The molecule has 4 aliphatic rings. The van der Waals surface area contributed by atoms with Crippen LogP contribution in [0.25, 0.3) is 0 Å². The lowest BCUT2D eigenvalue weighted by Gasteiger charge is -2.45. The van der Waals surface area contributed by atoms with Crippen LogP contribution in [0, 0.1) is 47.4 Å². The summed E-state index contributed by atoms with van der Waals surface area (Å²) in [5.74, 6) is 23.4. The average molecular weight is 765 g/mol. The van der Waals surface area contributed by atoms with E-state index in [9.17, 15) is 0 Å². The first kappa shape index (κ1) is 36.9. The molecule has 0 N–H and O–H groups in total. The molecule has 6 atom stereocenters. The minimum Gasteiger partial charge on any atom is -0.492 e. The number of hydrogen-bond acceptors (Lipinski definition) is 8. The van der Waals surface area contributed by atoms with Crippen molar-refractivity contribution in [3.63, 3.8) is 0 Å². The summed E-state index contributed by atoms with van der Waals surface area (Å²) in [5.41, 5.74) is 0. The molecule has 10 heteroatoms. The van der Waals surface area contributed by atoms with E-state index in [1.807, 2.05) is 27.7 Å². The third-order valence-corrected chi connectivity index (χ3v) is 8.76. The number of hydrogen-bond donors (Lipinski definition) is 0. The summed E-state index contributed by atoms with van der Waals surface area (Å²) in [6.45, 7) is 9.16. The number of unbranched alkanes of at least 4 members (excludes halogenated alkanes) is 6. The molecule has 0 aromatic rings. The lowest BCUT2D eigenvalue weighted by molar-refractivity contribution is -0.321. The normalized spacial score (nSPS) is 28.6. The number of rotatable bonds is 10. The fourth-order valence-corrected chi connectivity index (χ4v) is 6.09. The minimum absolute atomic E-state index is 0.190. The van der Waals surface area contributed by atoms with Crippen LogP contribution in [-0.2, 0) is 37.9 Å². The van der Waals surface area contributed by atoms with E-state index in [4.69, 9.17) is 37.9 Å². The van der Waals surface area contributed by atoms with E-state index in [1.54, 1.807) is 12.5 Å². The van der Waals surface area contributed by atoms with E-state index in [0.29, 0.717) is 26.4 Å². The zero-order chi connectivity index (χ0) is 32.8. The van der Waals surface area contributed by atoms with Gasteiger partial charge in [-0.05, 0) is 97.1 Å². The maximum atomic E-state index is 6.05. The van der Waals surface area contributed by atoms with Crippen molar-refractivity contribution >= 4 is 31.9 Å². The standard InChI is InChI=1S/C36H44Br2O8/c1-35(2)43-25-29-33(45-35)31(27(37)23-41-29)39-21-19-17-15-13-11-9-7-5-6-8-10-12-14-16-18-20-22-40-32-28(38)24-42-30-26-44-36(3,4)46-34(30)32/h23-24,29-34H,9-16,21-22,25-26H2,1-4H3/t29-,30-,31-,32-,33-,34-/m1/s1. The summed E-state index contributed by atoms with van der Waals surface area (Å²) >= 11 is 7.06. The van der Waals surface area contributed by atoms with E-state index in [2.05, 4.69) is 79.2 Å². The fraction of sp³-hybridized carbons (Fsp3) is 0.667. The number of fused-ring (bicyclic) bond motifs is 2. The Kier molecular flexibility index (Phi) is 14.9. The summed E-state index contributed by atoms with van der Waals surface area (Å²) < 4.78 is 48.5. The van der Waals surface area contributed by atoms with E-state index in [1.165, 1.54) is 0 Å². The van der Waals surface area contributed by atoms with Crippen LogP contribution in [0.15, 0.2) is 21.5 Å². The van der Waals surface area contributed by atoms with Gasteiger partial charge >= 0.3 is 0 Å². The summed E-state index contributed by atoms with van der Waals surface area (Å²) in [5, 5.41) is 0. The van der Waals surface area contributed by atoms with Gasteiger partial charge in [0.1, 0.15) is 37.6 Å². The first-order chi connectivity index (χ1) is 22.2. The minimum atomic E-state index is -0.670. The number of halogens is 2. The second-order valence-electron chi connectivity index (χ2n) is 12.1. The average Bonchev–Trinajstić information content (AvgIpc) is 3.01. The molecule has 0 aromatic heterocycles. The van der Waals surface area contributed by atoms with Gasteiger partial charge in [0.05, 0.1) is 34.7 Å². The summed E-state index contributed by atoms with van der Waals surface area (Å²) in [6.07, 6.45) is 9.17. The highest BCUT2D eigenvalue weighted by Crippen LogP contribution is 2.36. The van der Waals surface area contributed by atoms with Crippen molar-refractivity contribution in [1.82, 2.24) is 0 Å². The molecular formula is C36H44Br2O8. The summed E-state index contributed by atoms with van der Waals surface area (Å²) in [4.78, 5) is 0. The van der Waals surface area contributed by atoms with Gasteiger partial charge < -0.3 is 37.9 Å². The van der Waals surface area contributed by atoms with Crippen molar-refractivity contribution in [2.75, 3.05) is 26.4 Å². The van der Waals surface area contributed by atoms with Crippen molar-refractivity contribution in [3.8, 4) is 47.4 Å². The third kappa shape index (κ3) is 11.9. The molecule has 0 amide bonds. The summed E-state index contributed by atoms with van der Waals surface area (Å²) in [7, 11) is 0. The highest BCUT2D eigenvalue weighted by molar-refractivity contribution is 9.12. The van der Waals surface area contributed by atoms with Gasteiger partial charge in [-0.15, -0.1) is 11.8 Å². The Hall–Kier alpha value is -1.96. The lowest BCUT2D eigenvalue weighted by Crippen LogP contribution is -2.56. The smallest absolute Gasteiger partial charge is 0.163 e. The molecule has 8 nitrogen and oxygen atoms in total. The summed E-state index contributed by atoms with van der Waals surface area (Å²) in [6, 6.07) is 0. The topological polar surface area (TPSA) is 73.8 Å². The highest BCUT2D eigenvalue weighted by atomic mass is 79.9. The molecule has 0 saturated carbocycles. The van der Waals surface area contributed by atoms with Gasteiger partial charge in [0.15, 0.2) is 23.8 Å². The van der Waals surface area contributed by atoms with E-state index in [0.717, 1.165) is 60.3 Å². The quantitative estimate of drug-likeness (QED) is 0.186. The largest absolute Gasteiger partial charge is 0.492 e. The van der Waals surface area contributed by atoms with Gasteiger partial charge in [-0.1, -0.05) is 23.7 Å². The third-order valence-electron chi connectivity index (χ3n) is 7.48. The monoisotopic (exact) mass is 762 g/mol. The Morgan fingerprint density at radius 2 is 1.02 bits per heavy atom. The molecule has 4 heterocycles.